The highest BCUT2D eigenvalue weighted by molar-refractivity contribution is 5.84. The first kappa shape index (κ1) is 18.3. The molecule has 5 rings (SSSR count). The van der Waals surface area contributed by atoms with Gasteiger partial charge in [0.1, 0.15) is 6.61 Å². The molecule has 0 bridgehead atoms. The molecule has 29 heavy (non-hydrogen) atoms. The second-order valence-electron chi connectivity index (χ2n) is 7.87. The summed E-state index contributed by atoms with van der Waals surface area (Å²) in [5.74, 6) is -0.723. The van der Waals surface area contributed by atoms with E-state index >= 15 is 0 Å². The molecule has 7 heteroatoms. The van der Waals surface area contributed by atoms with E-state index < -0.39 is 17.7 Å². The van der Waals surface area contributed by atoms with E-state index in [-0.39, 0.29) is 18.6 Å². The molecule has 4 heterocycles. The van der Waals surface area contributed by atoms with Crippen LogP contribution in [0.1, 0.15) is 53.8 Å². The highest BCUT2D eigenvalue weighted by atomic mass is 16.6. The van der Waals surface area contributed by atoms with Crippen molar-refractivity contribution in [1.29, 1.82) is 0 Å². The normalized spacial score (nSPS) is 23.9. The van der Waals surface area contributed by atoms with Crippen LogP contribution in [0.2, 0.25) is 0 Å². The van der Waals surface area contributed by atoms with Gasteiger partial charge >= 0.3 is 5.97 Å². The first-order chi connectivity index (χ1) is 13.9. The number of carbonyl (C=O) groups excluding carboxylic acids is 1. The quantitative estimate of drug-likeness (QED) is 0.638. The number of hydrogen-bond acceptors (Lipinski definition) is 6. The Bertz CT molecular complexity index is 1160. The van der Waals surface area contributed by atoms with Crippen LogP contribution in [0.5, 0.6) is 0 Å². The molecule has 0 aromatic carbocycles. The Balaban J connectivity index is 1.79. The molecular weight excluding hydrogens is 372 g/mol. The van der Waals surface area contributed by atoms with Crippen LogP contribution in [0, 0.1) is 0 Å². The Hall–Kier alpha value is -2.77. The van der Waals surface area contributed by atoms with E-state index in [9.17, 15) is 19.8 Å². The van der Waals surface area contributed by atoms with Crippen molar-refractivity contribution in [2.24, 2.45) is 0 Å². The van der Waals surface area contributed by atoms with Crippen LogP contribution >= 0.6 is 0 Å². The molecule has 2 aromatic rings. The lowest BCUT2D eigenvalue weighted by atomic mass is 9.85. The van der Waals surface area contributed by atoms with Crippen LogP contribution < -0.4 is 5.56 Å². The number of cyclic esters (lactones) is 1. The monoisotopic (exact) mass is 394 g/mol. The molecule has 0 saturated carbocycles. The van der Waals surface area contributed by atoms with Gasteiger partial charge in [-0.05, 0) is 36.1 Å². The smallest absolute Gasteiger partial charge is 0.343 e. The minimum atomic E-state index is -1.82. The number of aliphatic hydroxyl groups is 2. The van der Waals surface area contributed by atoms with E-state index in [2.05, 4.69) is 6.92 Å². The zero-order valence-corrected chi connectivity index (χ0v) is 16.4. The summed E-state index contributed by atoms with van der Waals surface area (Å²) >= 11 is 0. The van der Waals surface area contributed by atoms with Gasteiger partial charge < -0.3 is 19.5 Å². The van der Waals surface area contributed by atoms with Crippen molar-refractivity contribution in [2.75, 3.05) is 0 Å². The van der Waals surface area contributed by atoms with Gasteiger partial charge in [0.25, 0.3) is 5.56 Å². The fraction of sp³-hybridized carbons (Fsp3) is 0.409. The molecule has 2 aliphatic heterocycles. The van der Waals surface area contributed by atoms with Crippen LogP contribution in [0.4, 0.5) is 0 Å². The van der Waals surface area contributed by atoms with Crippen molar-refractivity contribution in [3.05, 3.63) is 56.0 Å². The first-order valence-electron chi connectivity index (χ1n) is 9.97. The van der Waals surface area contributed by atoms with E-state index in [0.29, 0.717) is 35.5 Å². The number of fused-ring (bicyclic) bond motifs is 5. The number of aromatic nitrogens is 2. The zero-order chi connectivity index (χ0) is 20.5. The molecule has 0 radical (unpaired) electrons. The van der Waals surface area contributed by atoms with Crippen LogP contribution in [-0.4, -0.2) is 31.8 Å². The summed E-state index contributed by atoms with van der Waals surface area (Å²) in [6, 6.07) is 1.73. The molecule has 2 N–H and O–H groups in total. The van der Waals surface area contributed by atoms with Crippen molar-refractivity contribution in [3.63, 3.8) is 0 Å². The van der Waals surface area contributed by atoms with Gasteiger partial charge in [0.05, 0.1) is 35.3 Å². The molecule has 150 valence electrons. The fourth-order valence-electron chi connectivity index (χ4n) is 4.80. The molecule has 1 aliphatic carbocycles. The maximum absolute atomic E-state index is 13.2. The van der Waals surface area contributed by atoms with Gasteiger partial charge in [-0.2, -0.15) is 0 Å². The summed E-state index contributed by atoms with van der Waals surface area (Å²) in [4.78, 5) is 30.3. The van der Waals surface area contributed by atoms with E-state index in [4.69, 9.17) is 9.72 Å². The summed E-state index contributed by atoms with van der Waals surface area (Å²) in [7, 11) is 0. The molecule has 1 unspecified atom stereocenters. The van der Waals surface area contributed by atoms with Crippen molar-refractivity contribution < 1.29 is 19.7 Å². The van der Waals surface area contributed by atoms with Crippen molar-refractivity contribution >= 4 is 12.0 Å². The molecule has 0 fully saturated rings. The molecule has 3 aliphatic rings. The van der Waals surface area contributed by atoms with E-state index in [1.165, 1.54) is 0 Å². The molecule has 7 nitrogen and oxygen atoms in total. The SMILES string of the molecule is CCc1c2c(nc3c1Cn1c-3cc3c(c1=O)COC(=O)[C@]3(O)CC)C=CC(O)C2. The van der Waals surface area contributed by atoms with Gasteiger partial charge in [0.15, 0.2) is 5.60 Å². The maximum atomic E-state index is 13.2. The van der Waals surface area contributed by atoms with E-state index in [0.717, 1.165) is 28.8 Å². The number of esters is 1. The Morgan fingerprint density at radius 1 is 1.28 bits per heavy atom. The third-order valence-corrected chi connectivity index (χ3v) is 6.40. The van der Waals surface area contributed by atoms with Crippen LogP contribution in [-0.2, 0) is 41.1 Å². The van der Waals surface area contributed by atoms with E-state index in [1.54, 1.807) is 23.6 Å². The zero-order valence-electron chi connectivity index (χ0n) is 16.4. The summed E-state index contributed by atoms with van der Waals surface area (Å²) < 4.78 is 6.76. The summed E-state index contributed by atoms with van der Waals surface area (Å²) in [6.45, 7) is 4.00. The lowest BCUT2D eigenvalue weighted by Crippen LogP contribution is -2.44. The number of hydrogen-bond donors (Lipinski definition) is 2. The van der Waals surface area contributed by atoms with Crippen LogP contribution in [0.3, 0.4) is 0 Å². The molecule has 0 spiro atoms. The Morgan fingerprint density at radius 3 is 2.79 bits per heavy atom. The van der Waals surface area contributed by atoms with E-state index in [1.807, 2.05) is 6.08 Å². The van der Waals surface area contributed by atoms with Gasteiger partial charge in [0, 0.05) is 17.5 Å². The van der Waals surface area contributed by atoms with Crippen molar-refractivity contribution in [2.45, 2.75) is 58.0 Å². The third kappa shape index (κ3) is 2.34. The molecule has 2 aromatic heterocycles. The fourth-order valence-corrected chi connectivity index (χ4v) is 4.80. The van der Waals surface area contributed by atoms with Gasteiger partial charge in [-0.25, -0.2) is 9.78 Å². The molecule has 0 amide bonds. The number of ether oxygens (including phenoxy) is 1. The molecular formula is C22H22N2O5. The summed E-state index contributed by atoms with van der Waals surface area (Å²) in [6.07, 6.45) is 4.40. The molecule has 2 atom stereocenters. The number of aliphatic hydroxyl groups excluding tert-OH is 1. The largest absolute Gasteiger partial charge is 0.458 e. The predicted octanol–water partition coefficient (Wildman–Crippen LogP) is 1.42. The van der Waals surface area contributed by atoms with Gasteiger partial charge in [0.2, 0.25) is 0 Å². The topological polar surface area (TPSA) is 102 Å². The third-order valence-electron chi connectivity index (χ3n) is 6.40. The van der Waals surface area contributed by atoms with Crippen LogP contribution in [0.25, 0.3) is 17.5 Å². The minimum Gasteiger partial charge on any atom is -0.458 e. The van der Waals surface area contributed by atoms with Gasteiger partial charge in [-0.3, -0.25) is 4.79 Å². The summed E-state index contributed by atoms with van der Waals surface area (Å²) in [5.41, 5.74) is 3.79. The maximum Gasteiger partial charge on any atom is 0.343 e. The number of nitrogens with zero attached hydrogens (tertiary/aromatic N) is 2. The number of carbonyl (C=O) groups is 1. The minimum absolute atomic E-state index is 0.118. The standard InChI is InChI=1S/C22H22N2O5/c1-3-12-13-7-11(25)5-6-17(13)23-19-14(12)9-24-18(19)8-16-15(20(24)26)10-29-21(27)22(16,28)4-2/h5-6,8,11,25,28H,3-4,7,9-10H2,1-2H3/t11?,22-/m0/s1. The second kappa shape index (κ2) is 6.11. The lowest BCUT2D eigenvalue weighted by Gasteiger charge is -2.31. The van der Waals surface area contributed by atoms with Gasteiger partial charge in [-0.1, -0.05) is 19.9 Å². The van der Waals surface area contributed by atoms with Gasteiger partial charge in [-0.15, -0.1) is 0 Å². The number of rotatable bonds is 2. The Morgan fingerprint density at radius 2 is 2.07 bits per heavy atom. The van der Waals surface area contributed by atoms with Crippen LogP contribution in [0.15, 0.2) is 16.9 Å². The predicted molar refractivity (Wildman–Crippen MR) is 105 cm³/mol. The average Bonchev–Trinajstić information content (AvgIpc) is 3.08. The van der Waals surface area contributed by atoms with Crippen molar-refractivity contribution in [1.82, 2.24) is 9.55 Å². The summed E-state index contributed by atoms with van der Waals surface area (Å²) in [5, 5.41) is 21.0. The Kier molecular flexibility index (Phi) is 3.85. The lowest BCUT2D eigenvalue weighted by molar-refractivity contribution is -0.172. The number of pyridine rings is 2. The highest BCUT2D eigenvalue weighted by Gasteiger charge is 2.45. The second-order valence-corrected chi connectivity index (χ2v) is 7.87. The first-order valence-corrected chi connectivity index (χ1v) is 9.97. The molecule has 0 saturated heterocycles. The Labute approximate surface area is 167 Å². The highest BCUT2D eigenvalue weighted by Crippen LogP contribution is 2.40. The van der Waals surface area contributed by atoms with Crippen molar-refractivity contribution in [3.8, 4) is 11.4 Å². The average molecular weight is 394 g/mol.